The van der Waals surface area contributed by atoms with Crippen LogP contribution >= 0.6 is 0 Å². The molecule has 1 aromatic heterocycles. The number of nitrogens with zero attached hydrogens (tertiary/aromatic N) is 3. The van der Waals surface area contributed by atoms with Crippen molar-refractivity contribution in [3.63, 3.8) is 0 Å². The molecule has 5 nitrogen and oxygen atoms in total. The lowest BCUT2D eigenvalue weighted by Gasteiger charge is -2.10. The van der Waals surface area contributed by atoms with E-state index in [0.717, 1.165) is 11.3 Å². The first-order chi connectivity index (χ1) is 9.62. The normalized spacial score (nSPS) is 10.2. The van der Waals surface area contributed by atoms with Gasteiger partial charge in [0.15, 0.2) is 5.82 Å². The van der Waals surface area contributed by atoms with Crippen LogP contribution in [0.4, 0.5) is 5.82 Å². The fourth-order valence-electron chi connectivity index (χ4n) is 1.72. The van der Waals surface area contributed by atoms with Crippen LogP contribution in [0.1, 0.15) is 19.5 Å². The SMILES string of the molecule is CNc1cc(C#N)nc(-c2ccc(OC(C)C)cc2)n1. The zero-order valence-electron chi connectivity index (χ0n) is 11.7. The summed E-state index contributed by atoms with van der Waals surface area (Å²) in [4.78, 5) is 8.55. The number of hydrogen-bond donors (Lipinski definition) is 1. The Hall–Kier alpha value is -2.61. The molecule has 0 atom stereocenters. The number of rotatable bonds is 4. The molecule has 0 spiro atoms. The number of aromatic nitrogens is 2. The van der Waals surface area contributed by atoms with E-state index in [-0.39, 0.29) is 6.10 Å². The Morgan fingerprint density at radius 1 is 1.20 bits per heavy atom. The molecule has 1 aromatic carbocycles. The smallest absolute Gasteiger partial charge is 0.162 e. The van der Waals surface area contributed by atoms with Crippen LogP contribution in [0.5, 0.6) is 5.75 Å². The summed E-state index contributed by atoms with van der Waals surface area (Å²) in [6.07, 6.45) is 0.134. The molecule has 0 radical (unpaired) electrons. The van der Waals surface area contributed by atoms with Crippen molar-refractivity contribution in [3.8, 4) is 23.2 Å². The lowest BCUT2D eigenvalue weighted by molar-refractivity contribution is 0.242. The van der Waals surface area contributed by atoms with Gasteiger partial charge in [-0.2, -0.15) is 5.26 Å². The Morgan fingerprint density at radius 3 is 2.45 bits per heavy atom. The molecule has 5 heteroatoms. The molecule has 20 heavy (non-hydrogen) atoms. The van der Waals surface area contributed by atoms with Crippen molar-refractivity contribution in [1.29, 1.82) is 5.26 Å². The second-order valence-corrected chi connectivity index (χ2v) is 4.51. The largest absolute Gasteiger partial charge is 0.491 e. The van der Waals surface area contributed by atoms with E-state index < -0.39 is 0 Å². The zero-order chi connectivity index (χ0) is 14.5. The van der Waals surface area contributed by atoms with Gasteiger partial charge in [0.25, 0.3) is 0 Å². The first-order valence-corrected chi connectivity index (χ1v) is 6.36. The van der Waals surface area contributed by atoms with Gasteiger partial charge in [-0.3, -0.25) is 0 Å². The van der Waals surface area contributed by atoms with Gasteiger partial charge in [-0.15, -0.1) is 0 Å². The molecular weight excluding hydrogens is 252 g/mol. The molecule has 0 aliphatic rings. The van der Waals surface area contributed by atoms with Crippen molar-refractivity contribution >= 4 is 5.82 Å². The fourth-order valence-corrected chi connectivity index (χ4v) is 1.72. The third-order valence-corrected chi connectivity index (χ3v) is 2.58. The Bertz CT molecular complexity index is 629. The number of hydrogen-bond acceptors (Lipinski definition) is 5. The Labute approximate surface area is 118 Å². The molecule has 0 bridgehead atoms. The summed E-state index contributed by atoms with van der Waals surface area (Å²) in [5.74, 6) is 1.94. The van der Waals surface area contributed by atoms with Gasteiger partial charge in [0, 0.05) is 18.7 Å². The number of benzene rings is 1. The standard InChI is InChI=1S/C15H16N4O/c1-10(2)20-13-6-4-11(5-7-13)15-18-12(9-16)8-14(17-3)19-15/h4-8,10H,1-3H3,(H,17,18,19). The molecule has 2 rings (SSSR count). The van der Waals surface area contributed by atoms with Crippen LogP contribution in [-0.4, -0.2) is 23.1 Å². The van der Waals surface area contributed by atoms with E-state index in [0.29, 0.717) is 17.3 Å². The van der Waals surface area contributed by atoms with Gasteiger partial charge in [0.1, 0.15) is 23.3 Å². The van der Waals surface area contributed by atoms with Crippen molar-refractivity contribution < 1.29 is 4.74 Å². The van der Waals surface area contributed by atoms with E-state index in [4.69, 9.17) is 10.00 Å². The van der Waals surface area contributed by atoms with E-state index in [1.807, 2.05) is 44.2 Å². The van der Waals surface area contributed by atoms with Crippen molar-refractivity contribution in [2.45, 2.75) is 20.0 Å². The van der Waals surface area contributed by atoms with Crippen molar-refractivity contribution in [2.24, 2.45) is 0 Å². The molecule has 0 fully saturated rings. The molecule has 102 valence electrons. The molecule has 1 N–H and O–H groups in total. The maximum absolute atomic E-state index is 8.98. The highest BCUT2D eigenvalue weighted by molar-refractivity contribution is 5.59. The van der Waals surface area contributed by atoms with E-state index >= 15 is 0 Å². The Balaban J connectivity index is 2.34. The van der Waals surface area contributed by atoms with Crippen LogP contribution in [0.3, 0.4) is 0 Å². The summed E-state index contributed by atoms with van der Waals surface area (Å²) in [5, 5.41) is 11.9. The minimum atomic E-state index is 0.134. The summed E-state index contributed by atoms with van der Waals surface area (Å²) in [6.45, 7) is 3.96. The molecule has 0 aliphatic carbocycles. The Kier molecular flexibility index (Phi) is 4.16. The molecule has 1 heterocycles. The first-order valence-electron chi connectivity index (χ1n) is 6.36. The lowest BCUT2D eigenvalue weighted by Crippen LogP contribution is -2.05. The van der Waals surface area contributed by atoms with Crippen LogP contribution < -0.4 is 10.1 Å². The van der Waals surface area contributed by atoms with Crippen LogP contribution in [-0.2, 0) is 0 Å². The van der Waals surface area contributed by atoms with E-state index in [9.17, 15) is 0 Å². The number of nitriles is 1. The monoisotopic (exact) mass is 268 g/mol. The molecule has 0 amide bonds. The van der Waals surface area contributed by atoms with E-state index in [1.54, 1.807) is 13.1 Å². The lowest BCUT2D eigenvalue weighted by atomic mass is 10.2. The topological polar surface area (TPSA) is 70.8 Å². The highest BCUT2D eigenvalue weighted by Gasteiger charge is 2.07. The number of anilines is 1. The summed E-state index contributed by atoms with van der Waals surface area (Å²) in [6, 6.07) is 11.2. The summed E-state index contributed by atoms with van der Waals surface area (Å²) in [5.41, 5.74) is 1.18. The number of nitrogens with one attached hydrogen (secondary N) is 1. The average molecular weight is 268 g/mol. The zero-order valence-corrected chi connectivity index (χ0v) is 11.7. The second-order valence-electron chi connectivity index (χ2n) is 4.51. The molecule has 2 aromatic rings. The van der Waals surface area contributed by atoms with Gasteiger partial charge in [-0.25, -0.2) is 9.97 Å². The molecular formula is C15H16N4O. The minimum Gasteiger partial charge on any atom is -0.491 e. The highest BCUT2D eigenvalue weighted by Crippen LogP contribution is 2.21. The van der Waals surface area contributed by atoms with Gasteiger partial charge < -0.3 is 10.1 Å². The van der Waals surface area contributed by atoms with Gasteiger partial charge >= 0.3 is 0 Å². The van der Waals surface area contributed by atoms with Crippen LogP contribution in [0, 0.1) is 11.3 Å². The minimum absolute atomic E-state index is 0.134. The maximum Gasteiger partial charge on any atom is 0.162 e. The summed E-state index contributed by atoms with van der Waals surface area (Å²) < 4.78 is 5.59. The summed E-state index contributed by atoms with van der Waals surface area (Å²) in [7, 11) is 1.76. The third-order valence-electron chi connectivity index (χ3n) is 2.58. The van der Waals surface area contributed by atoms with Crippen LogP contribution in [0.25, 0.3) is 11.4 Å². The molecule has 0 saturated carbocycles. The highest BCUT2D eigenvalue weighted by atomic mass is 16.5. The fraction of sp³-hybridized carbons (Fsp3) is 0.267. The number of ether oxygens (including phenoxy) is 1. The van der Waals surface area contributed by atoms with Crippen molar-refractivity contribution in [3.05, 3.63) is 36.0 Å². The molecule has 0 unspecified atom stereocenters. The van der Waals surface area contributed by atoms with E-state index in [2.05, 4.69) is 15.3 Å². The average Bonchev–Trinajstić information content (AvgIpc) is 2.46. The van der Waals surface area contributed by atoms with Crippen LogP contribution in [0.15, 0.2) is 30.3 Å². The Morgan fingerprint density at radius 2 is 1.90 bits per heavy atom. The predicted octanol–water partition coefficient (Wildman–Crippen LogP) is 2.84. The van der Waals surface area contributed by atoms with E-state index in [1.165, 1.54) is 0 Å². The third kappa shape index (κ3) is 3.23. The second kappa shape index (κ2) is 6.02. The van der Waals surface area contributed by atoms with Gasteiger partial charge in [-0.05, 0) is 38.1 Å². The maximum atomic E-state index is 8.98. The predicted molar refractivity (Wildman–Crippen MR) is 77.5 cm³/mol. The quantitative estimate of drug-likeness (QED) is 0.923. The van der Waals surface area contributed by atoms with Gasteiger partial charge in [0.2, 0.25) is 0 Å². The molecule has 0 aliphatic heterocycles. The summed E-state index contributed by atoms with van der Waals surface area (Å²) >= 11 is 0. The van der Waals surface area contributed by atoms with Gasteiger partial charge in [-0.1, -0.05) is 0 Å². The van der Waals surface area contributed by atoms with Gasteiger partial charge in [0.05, 0.1) is 6.10 Å². The molecule has 0 saturated heterocycles. The van der Waals surface area contributed by atoms with Crippen molar-refractivity contribution in [1.82, 2.24) is 9.97 Å². The first kappa shape index (κ1) is 13.8. The van der Waals surface area contributed by atoms with Crippen molar-refractivity contribution in [2.75, 3.05) is 12.4 Å². The van der Waals surface area contributed by atoms with Crippen LogP contribution in [0.2, 0.25) is 0 Å².